The van der Waals surface area contributed by atoms with Gasteiger partial charge >= 0.3 is 0 Å². The van der Waals surface area contributed by atoms with E-state index in [9.17, 15) is 0 Å². The maximum Gasteiger partial charge on any atom is 0.160 e. The smallest absolute Gasteiger partial charge is 0.160 e. The van der Waals surface area contributed by atoms with Gasteiger partial charge in [-0.3, -0.25) is 0 Å². The Bertz CT molecular complexity index is 2690. The van der Waals surface area contributed by atoms with E-state index in [4.69, 9.17) is 9.97 Å². The number of nitrogens with zero attached hydrogens (tertiary/aromatic N) is 3. The predicted molar refractivity (Wildman–Crippen MR) is 208 cm³/mol. The monoisotopic (exact) mass is 651 g/mol. The minimum Gasteiger partial charge on any atom is -0.310 e. The van der Waals surface area contributed by atoms with Crippen LogP contribution < -0.4 is 0 Å². The van der Waals surface area contributed by atoms with E-state index in [0.717, 1.165) is 40.4 Å². The molecule has 240 valence electrons. The molecular formula is C48H33N3. The average molecular weight is 652 g/mol. The van der Waals surface area contributed by atoms with Crippen LogP contribution >= 0.6 is 0 Å². The molecule has 1 atom stereocenters. The van der Waals surface area contributed by atoms with Crippen LogP contribution in [0.2, 0.25) is 0 Å². The molecule has 0 saturated heterocycles. The first-order chi connectivity index (χ1) is 25.2. The third-order valence-corrected chi connectivity index (χ3v) is 11.5. The van der Waals surface area contributed by atoms with Crippen LogP contribution in [0, 0.1) is 0 Å². The first-order valence-electron chi connectivity index (χ1n) is 17.9. The molecule has 0 N–H and O–H groups in total. The quantitative estimate of drug-likeness (QED) is 0.190. The van der Waals surface area contributed by atoms with E-state index in [1.54, 1.807) is 0 Å². The molecule has 0 amide bonds. The summed E-state index contributed by atoms with van der Waals surface area (Å²) in [5, 5.41) is 1.34. The predicted octanol–water partition coefficient (Wildman–Crippen LogP) is 11.6. The first kappa shape index (κ1) is 28.5. The van der Waals surface area contributed by atoms with Crippen LogP contribution in [0.5, 0.6) is 0 Å². The number of rotatable bonds is 3. The number of benzene rings is 6. The maximum atomic E-state index is 5.53. The van der Waals surface area contributed by atoms with Gasteiger partial charge in [0.2, 0.25) is 0 Å². The lowest BCUT2D eigenvalue weighted by molar-refractivity contribution is 0.773. The van der Waals surface area contributed by atoms with Gasteiger partial charge in [0, 0.05) is 39.0 Å². The second kappa shape index (κ2) is 10.6. The second-order valence-corrected chi connectivity index (χ2v) is 14.1. The molecule has 3 heteroatoms. The number of allylic oxidation sites excluding steroid dienone is 1. The second-order valence-electron chi connectivity index (χ2n) is 14.1. The van der Waals surface area contributed by atoms with Crippen molar-refractivity contribution in [2.75, 3.05) is 0 Å². The molecule has 3 aliphatic carbocycles. The van der Waals surface area contributed by atoms with Gasteiger partial charge in [-0.25, -0.2) is 9.97 Å². The zero-order valence-corrected chi connectivity index (χ0v) is 28.2. The normalized spacial score (nSPS) is 15.7. The molecule has 6 aromatic carbocycles. The van der Waals surface area contributed by atoms with Gasteiger partial charge in [-0.15, -0.1) is 0 Å². The lowest BCUT2D eigenvalue weighted by atomic mass is 9.69. The molecule has 0 aliphatic heterocycles. The molecule has 0 bridgehead atoms. The average Bonchev–Trinajstić information content (AvgIpc) is 3.80. The minimum absolute atomic E-state index is 0.483. The highest BCUT2D eigenvalue weighted by Gasteiger charge is 2.54. The van der Waals surface area contributed by atoms with Crippen molar-refractivity contribution in [2.45, 2.75) is 24.7 Å². The fraction of sp³-hybridized carbons (Fsp3) is 0.0833. The van der Waals surface area contributed by atoms with Gasteiger partial charge in [-0.05, 0) is 82.1 Å². The molecule has 11 rings (SSSR count). The van der Waals surface area contributed by atoms with Crippen LogP contribution in [0.25, 0.3) is 67.7 Å². The topological polar surface area (TPSA) is 30.7 Å². The molecule has 2 aromatic heterocycles. The van der Waals surface area contributed by atoms with Crippen molar-refractivity contribution in [1.82, 2.24) is 14.5 Å². The van der Waals surface area contributed by atoms with E-state index >= 15 is 0 Å². The van der Waals surface area contributed by atoms with E-state index in [1.807, 2.05) is 0 Å². The highest BCUT2D eigenvalue weighted by atomic mass is 15.0. The summed E-state index contributed by atoms with van der Waals surface area (Å²) in [6, 6.07) is 55.0. The number of hydrogen-bond donors (Lipinski definition) is 0. The Balaban J connectivity index is 1.16. The Hall–Kier alpha value is -6.32. The van der Waals surface area contributed by atoms with Crippen molar-refractivity contribution in [3.8, 4) is 50.7 Å². The molecule has 8 aromatic rings. The van der Waals surface area contributed by atoms with E-state index < -0.39 is 5.41 Å². The number of hydrogen-bond acceptors (Lipinski definition) is 2. The van der Waals surface area contributed by atoms with Crippen molar-refractivity contribution in [2.24, 2.45) is 0 Å². The third kappa shape index (κ3) is 3.78. The zero-order chi connectivity index (χ0) is 33.7. The molecule has 3 nitrogen and oxygen atoms in total. The van der Waals surface area contributed by atoms with Gasteiger partial charge < -0.3 is 4.57 Å². The molecule has 0 fully saturated rings. The van der Waals surface area contributed by atoms with Gasteiger partial charge in [0.1, 0.15) is 0 Å². The highest BCUT2D eigenvalue weighted by Crippen LogP contribution is 2.64. The van der Waals surface area contributed by atoms with Crippen LogP contribution in [-0.2, 0) is 5.41 Å². The van der Waals surface area contributed by atoms with Gasteiger partial charge in [0.05, 0.1) is 22.3 Å². The number of para-hydroxylation sites is 1. The Kier molecular flexibility index (Phi) is 5.92. The van der Waals surface area contributed by atoms with Crippen LogP contribution in [0.3, 0.4) is 0 Å². The molecular weight excluding hydrogens is 619 g/mol. The fourth-order valence-corrected chi connectivity index (χ4v) is 9.40. The first-order valence-corrected chi connectivity index (χ1v) is 17.9. The van der Waals surface area contributed by atoms with E-state index in [-0.39, 0.29) is 0 Å². The SMILES string of the molecule is CC1CC=Cc2c1c1ccccc1n2-c1ccc(-c2nc(-c3ccccc3)c3c(n2)-c2ccccc2C32c3ccccc3-c3ccccc32)cc1. The summed E-state index contributed by atoms with van der Waals surface area (Å²) in [5.41, 5.74) is 17.4. The Labute approximate surface area is 297 Å². The van der Waals surface area contributed by atoms with Gasteiger partial charge in [-0.1, -0.05) is 134 Å². The lowest BCUT2D eigenvalue weighted by Crippen LogP contribution is -2.27. The van der Waals surface area contributed by atoms with E-state index in [2.05, 4.69) is 175 Å². The summed E-state index contributed by atoms with van der Waals surface area (Å²) in [5.74, 6) is 1.22. The highest BCUT2D eigenvalue weighted by molar-refractivity contribution is 5.97. The van der Waals surface area contributed by atoms with Crippen molar-refractivity contribution < 1.29 is 0 Å². The maximum absolute atomic E-state index is 5.53. The van der Waals surface area contributed by atoms with Crippen molar-refractivity contribution in [1.29, 1.82) is 0 Å². The van der Waals surface area contributed by atoms with Crippen molar-refractivity contribution in [3.05, 3.63) is 191 Å². The summed E-state index contributed by atoms with van der Waals surface area (Å²) in [4.78, 5) is 11.0. The third-order valence-electron chi connectivity index (χ3n) is 11.5. The molecule has 1 spiro atoms. The molecule has 0 radical (unpaired) electrons. The molecule has 1 unspecified atom stereocenters. The standard InChI is InChI=1S/C48H33N3/c1-30-14-13-25-42-43(30)37-20-8-12-24-41(37)51(42)33-28-26-32(27-29-33)47-49-45(31-15-3-2-4-16-31)44-46(50-47)36-19-7-11-23-40(36)48(44)38-21-9-5-17-34(38)35-18-6-10-22-39(35)48/h2-13,15-30H,14H2,1H3. The fourth-order valence-electron chi connectivity index (χ4n) is 9.40. The summed E-state index contributed by atoms with van der Waals surface area (Å²) >= 11 is 0. The van der Waals surface area contributed by atoms with Gasteiger partial charge in [0.25, 0.3) is 0 Å². The summed E-state index contributed by atoms with van der Waals surface area (Å²) in [7, 11) is 0. The number of aromatic nitrogens is 3. The Morgan fingerprint density at radius 3 is 1.88 bits per heavy atom. The van der Waals surface area contributed by atoms with Crippen molar-refractivity contribution in [3.63, 3.8) is 0 Å². The minimum atomic E-state index is -0.522. The molecule has 3 aliphatic rings. The van der Waals surface area contributed by atoms with E-state index in [1.165, 1.54) is 61.1 Å². The van der Waals surface area contributed by atoms with Crippen LogP contribution in [0.1, 0.15) is 52.8 Å². The van der Waals surface area contributed by atoms with Crippen LogP contribution in [0.4, 0.5) is 0 Å². The number of fused-ring (bicyclic) bond motifs is 13. The summed E-state index contributed by atoms with van der Waals surface area (Å²) < 4.78 is 2.41. The lowest BCUT2D eigenvalue weighted by Gasteiger charge is -2.31. The van der Waals surface area contributed by atoms with Crippen molar-refractivity contribution >= 4 is 17.0 Å². The zero-order valence-electron chi connectivity index (χ0n) is 28.2. The molecule has 0 saturated carbocycles. The van der Waals surface area contributed by atoms with Crippen LogP contribution in [0.15, 0.2) is 158 Å². The van der Waals surface area contributed by atoms with Gasteiger partial charge in [0.15, 0.2) is 5.82 Å². The summed E-state index contributed by atoms with van der Waals surface area (Å²) in [6.45, 7) is 2.34. The molecule has 2 heterocycles. The summed E-state index contributed by atoms with van der Waals surface area (Å²) in [6.07, 6.45) is 5.68. The molecule has 51 heavy (non-hydrogen) atoms. The Morgan fingerprint density at radius 2 is 1.16 bits per heavy atom. The van der Waals surface area contributed by atoms with E-state index in [0.29, 0.717) is 5.92 Å². The van der Waals surface area contributed by atoms with Crippen LogP contribution in [-0.4, -0.2) is 14.5 Å². The Morgan fingerprint density at radius 1 is 0.569 bits per heavy atom. The largest absolute Gasteiger partial charge is 0.310 e. The van der Waals surface area contributed by atoms with Gasteiger partial charge in [-0.2, -0.15) is 0 Å².